The summed E-state index contributed by atoms with van der Waals surface area (Å²) < 4.78 is 0. The van der Waals surface area contributed by atoms with E-state index < -0.39 is 0 Å². The Hall–Kier alpha value is -0.300. The monoisotopic (exact) mass is 167 g/mol. The lowest BCUT2D eigenvalue weighted by Crippen LogP contribution is -2.29. The summed E-state index contributed by atoms with van der Waals surface area (Å²) in [6.07, 6.45) is 4.98. The van der Waals surface area contributed by atoms with Crippen molar-refractivity contribution >= 4 is 0 Å². The molecule has 0 saturated heterocycles. The minimum Gasteiger partial charge on any atom is -0.299 e. The molecule has 0 radical (unpaired) electrons. The lowest BCUT2D eigenvalue weighted by Gasteiger charge is -2.26. The molecule has 1 nitrogen and oxygen atoms in total. The van der Waals surface area contributed by atoms with Crippen molar-refractivity contribution in [3.8, 4) is 0 Å². The molecule has 0 aromatic heterocycles. The Morgan fingerprint density at radius 2 is 2.25 bits per heavy atom. The van der Waals surface area contributed by atoms with Crippen molar-refractivity contribution in [1.29, 1.82) is 0 Å². The van der Waals surface area contributed by atoms with Gasteiger partial charge in [-0.15, -0.1) is 0 Å². The van der Waals surface area contributed by atoms with Crippen LogP contribution in [0, 0.1) is 5.92 Å². The van der Waals surface area contributed by atoms with E-state index in [2.05, 4.69) is 31.7 Å². The second kappa shape index (κ2) is 4.66. The smallest absolute Gasteiger partial charge is 0.0192 e. The van der Waals surface area contributed by atoms with Crippen LogP contribution in [0.5, 0.6) is 0 Å². The first kappa shape index (κ1) is 9.79. The van der Waals surface area contributed by atoms with Crippen LogP contribution in [0.2, 0.25) is 0 Å². The summed E-state index contributed by atoms with van der Waals surface area (Å²) in [5.41, 5.74) is 1.65. The molecule has 0 aromatic rings. The van der Waals surface area contributed by atoms with Crippen LogP contribution in [0.15, 0.2) is 11.6 Å². The molecule has 0 amide bonds. The Balaban J connectivity index is 2.39. The second-order valence-electron chi connectivity index (χ2n) is 4.12. The molecule has 1 rings (SSSR count). The molecule has 0 bridgehead atoms. The highest BCUT2D eigenvalue weighted by atomic mass is 15.1. The second-order valence-corrected chi connectivity index (χ2v) is 4.12. The highest BCUT2D eigenvalue weighted by Gasteiger charge is 2.10. The van der Waals surface area contributed by atoms with Crippen LogP contribution in [0.1, 0.15) is 33.6 Å². The van der Waals surface area contributed by atoms with Gasteiger partial charge in [-0.3, -0.25) is 4.90 Å². The molecule has 1 heteroatoms. The van der Waals surface area contributed by atoms with Gasteiger partial charge in [0, 0.05) is 13.1 Å². The van der Waals surface area contributed by atoms with Crippen LogP contribution in [0.3, 0.4) is 0 Å². The summed E-state index contributed by atoms with van der Waals surface area (Å²) in [6.45, 7) is 10.5. The molecule has 0 unspecified atom stereocenters. The molecular weight excluding hydrogens is 146 g/mol. The third-order valence-corrected chi connectivity index (χ3v) is 2.42. The molecule has 0 saturated carbocycles. The molecule has 0 fully saturated rings. The maximum absolute atomic E-state index is 2.53. The zero-order chi connectivity index (χ0) is 8.97. The molecular formula is C11H21N. The first-order valence-corrected chi connectivity index (χ1v) is 5.12. The summed E-state index contributed by atoms with van der Waals surface area (Å²) in [5, 5.41) is 0. The SMILES string of the molecule is CCN1CCC=C(CC(C)C)C1. The van der Waals surface area contributed by atoms with Gasteiger partial charge in [-0.05, 0) is 25.3 Å². The standard InChI is InChI=1S/C11H21N/c1-4-12-7-5-6-11(9-12)8-10(2)3/h6,10H,4-5,7-9H2,1-3H3. The summed E-state index contributed by atoms with van der Waals surface area (Å²) in [7, 11) is 0. The molecule has 0 aromatic carbocycles. The van der Waals surface area contributed by atoms with Gasteiger partial charge in [-0.2, -0.15) is 0 Å². The molecule has 0 aliphatic carbocycles. The van der Waals surface area contributed by atoms with Gasteiger partial charge in [0.05, 0.1) is 0 Å². The van der Waals surface area contributed by atoms with E-state index in [1.807, 2.05) is 0 Å². The van der Waals surface area contributed by atoms with Crippen LogP contribution < -0.4 is 0 Å². The maximum atomic E-state index is 2.53. The minimum atomic E-state index is 0.813. The van der Waals surface area contributed by atoms with Crippen molar-refractivity contribution in [1.82, 2.24) is 4.90 Å². The zero-order valence-corrected chi connectivity index (χ0v) is 8.64. The van der Waals surface area contributed by atoms with E-state index in [1.54, 1.807) is 5.57 Å². The van der Waals surface area contributed by atoms with Gasteiger partial charge in [0.2, 0.25) is 0 Å². The van der Waals surface area contributed by atoms with E-state index in [0.29, 0.717) is 0 Å². The first-order chi connectivity index (χ1) is 5.72. The molecule has 70 valence electrons. The summed E-state index contributed by atoms with van der Waals surface area (Å²) in [5.74, 6) is 0.813. The van der Waals surface area contributed by atoms with Crippen molar-refractivity contribution < 1.29 is 0 Å². The Morgan fingerprint density at radius 3 is 2.83 bits per heavy atom. The van der Waals surface area contributed by atoms with Crippen molar-refractivity contribution in [3.63, 3.8) is 0 Å². The van der Waals surface area contributed by atoms with Gasteiger partial charge in [0.15, 0.2) is 0 Å². The number of hydrogen-bond donors (Lipinski definition) is 0. The highest BCUT2D eigenvalue weighted by Crippen LogP contribution is 2.16. The number of rotatable bonds is 3. The molecule has 1 aliphatic rings. The lowest BCUT2D eigenvalue weighted by molar-refractivity contribution is 0.299. The van der Waals surface area contributed by atoms with Crippen molar-refractivity contribution in [2.24, 2.45) is 5.92 Å². The fraction of sp³-hybridized carbons (Fsp3) is 0.818. The van der Waals surface area contributed by atoms with E-state index in [0.717, 1.165) is 5.92 Å². The summed E-state index contributed by atoms with van der Waals surface area (Å²) >= 11 is 0. The minimum absolute atomic E-state index is 0.813. The molecule has 0 atom stereocenters. The topological polar surface area (TPSA) is 3.24 Å². The summed E-state index contributed by atoms with van der Waals surface area (Å²) in [6, 6.07) is 0. The van der Waals surface area contributed by atoms with Crippen molar-refractivity contribution in [3.05, 3.63) is 11.6 Å². The van der Waals surface area contributed by atoms with Gasteiger partial charge in [0.25, 0.3) is 0 Å². The average molecular weight is 167 g/mol. The Kier molecular flexibility index (Phi) is 3.80. The van der Waals surface area contributed by atoms with Gasteiger partial charge < -0.3 is 0 Å². The van der Waals surface area contributed by atoms with Crippen molar-refractivity contribution in [2.75, 3.05) is 19.6 Å². The van der Waals surface area contributed by atoms with E-state index in [4.69, 9.17) is 0 Å². The van der Waals surface area contributed by atoms with E-state index >= 15 is 0 Å². The number of hydrogen-bond acceptors (Lipinski definition) is 1. The third-order valence-electron chi connectivity index (χ3n) is 2.42. The Labute approximate surface area is 76.5 Å². The Bertz CT molecular complexity index is 158. The highest BCUT2D eigenvalue weighted by molar-refractivity contribution is 5.08. The fourth-order valence-electron chi connectivity index (χ4n) is 1.82. The quantitative estimate of drug-likeness (QED) is 0.584. The van der Waals surface area contributed by atoms with Crippen LogP contribution in [-0.2, 0) is 0 Å². The van der Waals surface area contributed by atoms with Crippen molar-refractivity contribution in [2.45, 2.75) is 33.6 Å². The molecule has 12 heavy (non-hydrogen) atoms. The predicted molar refractivity (Wildman–Crippen MR) is 54.3 cm³/mol. The molecule has 1 heterocycles. The predicted octanol–water partition coefficient (Wildman–Crippen LogP) is 2.68. The molecule has 1 aliphatic heterocycles. The van der Waals surface area contributed by atoms with Crippen LogP contribution in [-0.4, -0.2) is 24.5 Å². The van der Waals surface area contributed by atoms with E-state index in [-0.39, 0.29) is 0 Å². The maximum Gasteiger partial charge on any atom is 0.0192 e. The fourth-order valence-corrected chi connectivity index (χ4v) is 1.82. The zero-order valence-electron chi connectivity index (χ0n) is 8.64. The molecule has 0 N–H and O–H groups in total. The van der Waals surface area contributed by atoms with Gasteiger partial charge >= 0.3 is 0 Å². The van der Waals surface area contributed by atoms with Crippen LogP contribution >= 0.6 is 0 Å². The van der Waals surface area contributed by atoms with Crippen LogP contribution in [0.4, 0.5) is 0 Å². The third kappa shape index (κ3) is 2.98. The average Bonchev–Trinajstić information content (AvgIpc) is 2.03. The first-order valence-electron chi connectivity index (χ1n) is 5.12. The number of nitrogens with zero attached hydrogens (tertiary/aromatic N) is 1. The number of likely N-dealkylation sites (N-methyl/N-ethyl adjacent to an activating group) is 1. The lowest BCUT2D eigenvalue weighted by atomic mass is 9.99. The van der Waals surface area contributed by atoms with Gasteiger partial charge in [0.1, 0.15) is 0 Å². The van der Waals surface area contributed by atoms with Crippen LogP contribution in [0.25, 0.3) is 0 Å². The van der Waals surface area contributed by atoms with Gasteiger partial charge in [-0.1, -0.05) is 32.4 Å². The molecule has 0 spiro atoms. The summed E-state index contributed by atoms with van der Waals surface area (Å²) in [4.78, 5) is 2.53. The Morgan fingerprint density at radius 1 is 1.50 bits per heavy atom. The van der Waals surface area contributed by atoms with E-state index in [1.165, 1.54) is 32.5 Å². The normalized spacial score (nSPS) is 19.8. The van der Waals surface area contributed by atoms with Gasteiger partial charge in [-0.25, -0.2) is 0 Å². The van der Waals surface area contributed by atoms with E-state index in [9.17, 15) is 0 Å². The largest absolute Gasteiger partial charge is 0.299 e.